The van der Waals surface area contributed by atoms with Crippen LogP contribution in [0.15, 0.2) is 36.4 Å². The second-order valence-corrected chi connectivity index (χ2v) is 5.27. The number of benzene rings is 1. The van der Waals surface area contributed by atoms with Crippen molar-refractivity contribution < 1.29 is 9.50 Å². The number of halogens is 1. The monoisotopic (exact) mass is 250 g/mol. The number of hydrogen-bond acceptors (Lipinski definition) is 2. The van der Waals surface area contributed by atoms with Crippen molar-refractivity contribution in [1.82, 2.24) is 0 Å². The molecule has 0 bridgehead atoms. The molecule has 0 spiro atoms. The maximum Gasteiger partial charge on any atom is 0.123 e. The molecule has 0 aliphatic carbocycles. The average Bonchev–Trinajstić information content (AvgIpc) is 2.71. The van der Waals surface area contributed by atoms with Crippen LogP contribution in [0.5, 0.6) is 0 Å². The molecule has 1 heterocycles. The van der Waals surface area contributed by atoms with E-state index in [1.54, 1.807) is 6.07 Å². The lowest BCUT2D eigenvalue weighted by molar-refractivity contribution is 0.181. The molecule has 0 aliphatic rings. The molecule has 17 heavy (non-hydrogen) atoms. The second kappa shape index (κ2) is 4.98. The number of hydrogen-bond donors (Lipinski definition) is 1. The Kier molecular flexibility index (Phi) is 3.60. The highest BCUT2D eigenvalue weighted by Gasteiger charge is 2.12. The lowest BCUT2D eigenvalue weighted by atomic mass is 10.1. The number of aliphatic hydroxyl groups is 1. The van der Waals surface area contributed by atoms with Crippen LogP contribution in [0.4, 0.5) is 4.39 Å². The second-order valence-electron chi connectivity index (χ2n) is 4.15. The van der Waals surface area contributed by atoms with Crippen molar-refractivity contribution in [1.29, 1.82) is 0 Å². The van der Waals surface area contributed by atoms with Crippen LogP contribution >= 0.6 is 11.3 Å². The number of rotatable bonds is 4. The van der Waals surface area contributed by atoms with E-state index < -0.39 is 6.10 Å². The van der Waals surface area contributed by atoms with Gasteiger partial charge in [-0.2, -0.15) is 0 Å². The van der Waals surface area contributed by atoms with E-state index in [-0.39, 0.29) is 5.82 Å². The molecule has 90 valence electrons. The fraction of sp³-hybridized carbons (Fsp3) is 0.286. The van der Waals surface area contributed by atoms with Gasteiger partial charge in [-0.05, 0) is 42.5 Å². The zero-order valence-corrected chi connectivity index (χ0v) is 10.6. The molecule has 0 saturated heterocycles. The Morgan fingerprint density at radius 2 is 2.24 bits per heavy atom. The zero-order valence-electron chi connectivity index (χ0n) is 9.74. The molecular weight excluding hydrogens is 235 g/mol. The molecule has 1 N–H and O–H groups in total. The zero-order chi connectivity index (χ0) is 12.4. The fourth-order valence-corrected chi connectivity index (χ4v) is 2.75. The van der Waals surface area contributed by atoms with E-state index in [0.717, 1.165) is 27.0 Å². The summed E-state index contributed by atoms with van der Waals surface area (Å²) in [4.78, 5) is 0.875. The van der Waals surface area contributed by atoms with Gasteiger partial charge in [0.2, 0.25) is 0 Å². The number of fused-ring (bicyclic) bond motifs is 1. The first kappa shape index (κ1) is 12.3. The third kappa shape index (κ3) is 2.73. The Morgan fingerprint density at radius 3 is 2.94 bits per heavy atom. The van der Waals surface area contributed by atoms with Crippen molar-refractivity contribution in [2.45, 2.75) is 25.9 Å². The van der Waals surface area contributed by atoms with Crippen molar-refractivity contribution >= 4 is 21.4 Å². The third-order valence-electron chi connectivity index (χ3n) is 2.81. The van der Waals surface area contributed by atoms with Crippen LogP contribution in [0.3, 0.4) is 0 Å². The lowest BCUT2D eigenvalue weighted by Crippen LogP contribution is -1.95. The molecule has 0 saturated carbocycles. The van der Waals surface area contributed by atoms with Crippen LogP contribution in [-0.4, -0.2) is 5.11 Å². The highest BCUT2D eigenvalue weighted by atomic mass is 32.1. The van der Waals surface area contributed by atoms with Crippen molar-refractivity contribution in [2.75, 3.05) is 0 Å². The Labute approximate surface area is 104 Å². The van der Waals surface area contributed by atoms with E-state index in [0.29, 0.717) is 6.42 Å². The molecule has 1 aromatic carbocycles. The van der Waals surface area contributed by atoms with Gasteiger partial charge in [-0.25, -0.2) is 4.39 Å². The van der Waals surface area contributed by atoms with Crippen LogP contribution in [0.25, 0.3) is 10.1 Å². The van der Waals surface area contributed by atoms with Gasteiger partial charge in [-0.3, -0.25) is 0 Å². The molecule has 2 aromatic rings. The molecule has 2 rings (SSSR count). The summed E-state index contributed by atoms with van der Waals surface area (Å²) in [5, 5.41) is 10.9. The maximum absolute atomic E-state index is 13.0. The van der Waals surface area contributed by atoms with Crippen LogP contribution < -0.4 is 0 Å². The summed E-state index contributed by atoms with van der Waals surface area (Å²) in [7, 11) is 0. The summed E-state index contributed by atoms with van der Waals surface area (Å²) in [6, 6.07) is 6.55. The minimum absolute atomic E-state index is 0.241. The Hall–Kier alpha value is -1.19. The van der Waals surface area contributed by atoms with Gasteiger partial charge in [0, 0.05) is 9.58 Å². The molecule has 0 aliphatic heterocycles. The highest BCUT2D eigenvalue weighted by molar-refractivity contribution is 7.19. The van der Waals surface area contributed by atoms with Crippen molar-refractivity contribution in [3.8, 4) is 0 Å². The van der Waals surface area contributed by atoms with Gasteiger partial charge >= 0.3 is 0 Å². The van der Waals surface area contributed by atoms with Crippen molar-refractivity contribution in [3.63, 3.8) is 0 Å². The topological polar surface area (TPSA) is 20.2 Å². The van der Waals surface area contributed by atoms with Gasteiger partial charge in [0.25, 0.3) is 0 Å². The average molecular weight is 250 g/mol. The van der Waals surface area contributed by atoms with Crippen LogP contribution in [-0.2, 0) is 0 Å². The highest BCUT2D eigenvalue weighted by Crippen LogP contribution is 2.33. The van der Waals surface area contributed by atoms with E-state index in [1.807, 2.05) is 13.0 Å². The first-order valence-corrected chi connectivity index (χ1v) is 6.45. The summed E-state index contributed by atoms with van der Waals surface area (Å²) in [5.41, 5.74) is 1.03. The van der Waals surface area contributed by atoms with E-state index in [1.165, 1.54) is 23.5 Å². The normalized spacial score (nSPS) is 12.9. The molecule has 1 aromatic heterocycles. The molecule has 1 atom stereocenters. The molecule has 0 amide bonds. The standard InChI is InChI=1S/C14H15FOS/c1-3-9(2)6-12(16)14-8-10-7-11(15)4-5-13(10)17-14/h4-5,7-8,12,16H,2-3,6H2,1H3. The minimum atomic E-state index is -0.525. The Morgan fingerprint density at radius 1 is 1.47 bits per heavy atom. The predicted molar refractivity (Wildman–Crippen MR) is 70.8 cm³/mol. The largest absolute Gasteiger partial charge is 0.387 e. The van der Waals surface area contributed by atoms with E-state index >= 15 is 0 Å². The summed E-state index contributed by atoms with van der Waals surface area (Å²) in [6.45, 7) is 5.91. The first-order chi connectivity index (χ1) is 8.10. The van der Waals surface area contributed by atoms with Gasteiger partial charge in [0.1, 0.15) is 5.82 Å². The fourth-order valence-electron chi connectivity index (χ4n) is 1.72. The van der Waals surface area contributed by atoms with E-state index in [2.05, 4.69) is 6.58 Å². The Bertz CT molecular complexity index is 544. The molecule has 3 heteroatoms. The first-order valence-electron chi connectivity index (χ1n) is 5.64. The molecular formula is C14H15FOS. The van der Waals surface area contributed by atoms with Crippen LogP contribution in [0.1, 0.15) is 30.7 Å². The molecule has 1 nitrogen and oxygen atoms in total. The van der Waals surface area contributed by atoms with Gasteiger partial charge < -0.3 is 5.11 Å². The predicted octanol–water partition coefficient (Wildman–Crippen LogP) is 4.43. The SMILES string of the molecule is C=C(CC)CC(O)c1cc2cc(F)ccc2s1. The summed E-state index contributed by atoms with van der Waals surface area (Å²) in [5.74, 6) is -0.241. The van der Waals surface area contributed by atoms with E-state index in [4.69, 9.17) is 0 Å². The quantitative estimate of drug-likeness (QED) is 0.796. The van der Waals surface area contributed by atoms with Crippen LogP contribution in [0, 0.1) is 5.82 Å². The van der Waals surface area contributed by atoms with Crippen molar-refractivity contribution in [2.24, 2.45) is 0 Å². The minimum Gasteiger partial charge on any atom is -0.387 e. The smallest absolute Gasteiger partial charge is 0.123 e. The summed E-state index contributed by atoms with van der Waals surface area (Å²) in [6.07, 6.45) is 0.922. The Balaban J connectivity index is 2.27. The van der Waals surface area contributed by atoms with Crippen LogP contribution in [0.2, 0.25) is 0 Å². The van der Waals surface area contributed by atoms with E-state index in [9.17, 15) is 9.50 Å². The van der Waals surface area contributed by atoms with Gasteiger partial charge in [0.05, 0.1) is 6.10 Å². The number of aliphatic hydroxyl groups excluding tert-OH is 1. The summed E-state index contributed by atoms with van der Waals surface area (Å²) < 4.78 is 14.0. The van der Waals surface area contributed by atoms with Gasteiger partial charge in [-0.1, -0.05) is 19.1 Å². The van der Waals surface area contributed by atoms with Crippen molar-refractivity contribution in [3.05, 3.63) is 47.1 Å². The third-order valence-corrected chi connectivity index (χ3v) is 4.03. The lowest BCUT2D eigenvalue weighted by Gasteiger charge is -2.08. The van der Waals surface area contributed by atoms with Gasteiger partial charge in [0.15, 0.2) is 0 Å². The molecule has 0 radical (unpaired) electrons. The molecule has 0 fully saturated rings. The molecule has 1 unspecified atom stereocenters. The number of thiophene rings is 1. The van der Waals surface area contributed by atoms with Gasteiger partial charge in [-0.15, -0.1) is 11.3 Å². The maximum atomic E-state index is 13.0. The summed E-state index contributed by atoms with van der Waals surface area (Å²) >= 11 is 1.51.